The molecule has 206 valence electrons. The predicted octanol–water partition coefficient (Wildman–Crippen LogP) is 9.07. The molecule has 2 rings (SSSR count). The van der Waals surface area contributed by atoms with Gasteiger partial charge in [-0.15, -0.1) is 6.58 Å². The van der Waals surface area contributed by atoms with E-state index in [1.54, 1.807) is 0 Å². The van der Waals surface area contributed by atoms with Crippen LogP contribution in [0, 0.1) is 0 Å². The standard InChI is InChI=1S/C33H51NO3/c1-6-8-10-11-12-13-14-15-17-24-34-32(36)30-27(20-16-9-7-2)25-29-28(31(30)35)21-23-33(5,37-29)22-18-19-26(3)4/h6,19,21,23,25,35H,1,7-18,20,22,24H2,2-5H3,(H,34,36). The fourth-order valence-corrected chi connectivity index (χ4v) is 4.89. The molecule has 1 unspecified atom stereocenters. The summed E-state index contributed by atoms with van der Waals surface area (Å²) < 4.78 is 6.42. The van der Waals surface area contributed by atoms with Gasteiger partial charge in [0, 0.05) is 6.54 Å². The van der Waals surface area contributed by atoms with Crippen molar-refractivity contribution in [2.75, 3.05) is 6.54 Å². The molecule has 4 heteroatoms. The van der Waals surface area contributed by atoms with Crippen LogP contribution in [0.3, 0.4) is 0 Å². The van der Waals surface area contributed by atoms with Crippen molar-refractivity contribution in [1.82, 2.24) is 5.32 Å². The average molecular weight is 510 g/mol. The fraction of sp³-hybridized carbons (Fsp3) is 0.606. The number of allylic oxidation sites excluding steroid dienone is 3. The molecule has 1 amide bonds. The highest BCUT2D eigenvalue weighted by atomic mass is 16.5. The van der Waals surface area contributed by atoms with Crippen molar-refractivity contribution in [2.45, 2.75) is 123 Å². The number of carbonyl (C=O) groups excluding carboxylic acids is 1. The Morgan fingerprint density at radius 1 is 1.05 bits per heavy atom. The number of aromatic hydroxyl groups is 1. The number of phenols is 1. The Hall–Kier alpha value is -2.49. The topological polar surface area (TPSA) is 58.6 Å². The van der Waals surface area contributed by atoms with Crippen molar-refractivity contribution in [3.8, 4) is 11.5 Å². The van der Waals surface area contributed by atoms with Crippen LogP contribution in [0.5, 0.6) is 11.5 Å². The van der Waals surface area contributed by atoms with E-state index in [2.05, 4.69) is 45.7 Å². The van der Waals surface area contributed by atoms with Crippen LogP contribution in [-0.4, -0.2) is 23.2 Å². The third kappa shape index (κ3) is 10.4. The molecular weight excluding hydrogens is 458 g/mol. The highest BCUT2D eigenvalue weighted by Gasteiger charge is 2.31. The number of fused-ring (bicyclic) bond motifs is 1. The van der Waals surface area contributed by atoms with Gasteiger partial charge in [0.15, 0.2) is 0 Å². The van der Waals surface area contributed by atoms with E-state index in [9.17, 15) is 9.90 Å². The number of phenolic OH excluding ortho intramolecular Hbond substituents is 1. The largest absolute Gasteiger partial charge is 0.506 e. The van der Waals surface area contributed by atoms with E-state index in [1.165, 1.54) is 37.7 Å². The van der Waals surface area contributed by atoms with Gasteiger partial charge in [0.25, 0.3) is 5.91 Å². The Labute approximate surface area is 226 Å². The number of ether oxygens (including phenoxy) is 1. The lowest BCUT2D eigenvalue weighted by Gasteiger charge is -2.32. The second-order valence-corrected chi connectivity index (χ2v) is 11.0. The summed E-state index contributed by atoms with van der Waals surface area (Å²) in [6.45, 7) is 12.9. The zero-order valence-corrected chi connectivity index (χ0v) is 24.0. The third-order valence-electron chi connectivity index (χ3n) is 7.17. The van der Waals surface area contributed by atoms with Gasteiger partial charge < -0.3 is 15.2 Å². The Bertz CT molecular complexity index is 926. The minimum Gasteiger partial charge on any atom is -0.506 e. The van der Waals surface area contributed by atoms with Crippen LogP contribution in [0.4, 0.5) is 0 Å². The van der Waals surface area contributed by atoms with E-state index in [-0.39, 0.29) is 11.7 Å². The summed E-state index contributed by atoms with van der Waals surface area (Å²) in [5, 5.41) is 14.3. The lowest BCUT2D eigenvalue weighted by molar-refractivity contribution is 0.0948. The van der Waals surface area contributed by atoms with Crippen molar-refractivity contribution in [1.29, 1.82) is 0 Å². The van der Waals surface area contributed by atoms with Crippen LogP contribution < -0.4 is 10.1 Å². The smallest absolute Gasteiger partial charge is 0.255 e. The molecule has 1 atom stereocenters. The first-order chi connectivity index (χ1) is 17.8. The number of benzene rings is 1. The molecule has 0 aromatic heterocycles. The first kappa shape index (κ1) is 30.7. The summed E-state index contributed by atoms with van der Waals surface area (Å²) in [5.41, 5.74) is 2.78. The van der Waals surface area contributed by atoms with Crippen LogP contribution in [0.25, 0.3) is 6.08 Å². The molecular formula is C33H51NO3. The molecule has 1 aromatic carbocycles. The summed E-state index contributed by atoms with van der Waals surface area (Å²) in [4.78, 5) is 13.2. The van der Waals surface area contributed by atoms with Gasteiger partial charge in [-0.1, -0.05) is 69.6 Å². The minimum absolute atomic E-state index is 0.0450. The number of unbranched alkanes of at least 4 members (excludes halogenated alkanes) is 9. The molecule has 0 aliphatic carbocycles. The molecule has 37 heavy (non-hydrogen) atoms. The number of hydrogen-bond donors (Lipinski definition) is 2. The molecule has 1 heterocycles. The molecule has 4 nitrogen and oxygen atoms in total. The molecule has 0 radical (unpaired) electrons. The van der Waals surface area contributed by atoms with Crippen molar-refractivity contribution in [3.63, 3.8) is 0 Å². The van der Waals surface area contributed by atoms with Gasteiger partial charge in [-0.2, -0.15) is 0 Å². The first-order valence-electron chi connectivity index (χ1n) is 14.6. The summed E-state index contributed by atoms with van der Waals surface area (Å²) in [6.07, 6.45) is 23.3. The fourth-order valence-electron chi connectivity index (χ4n) is 4.89. The molecule has 0 bridgehead atoms. The highest BCUT2D eigenvalue weighted by Crippen LogP contribution is 2.42. The number of carbonyl (C=O) groups is 1. The van der Waals surface area contributed by atoms with Crippen molar-refractivity contribution < 1.29 is 14.6 Å². The third-order valence-corrected chi connectivity index (χ3v) is 7.17. The molecule has 0 spiro atoms. The first-order valence-corrected chi connectivity index (χ1v) is 14.6. The lowest BCUT2D eigenvalue weighted by atomic mass is 9.91. The molecule has 1 aromatic rings. The van der Waals surface area contributed by atoms with E-state index in [0.717, 1.165) is 63.4 Å². The Morgan fingerprint density at radius 2 is 1.76 bits per heavy atom. The van der Waals surface area contributed by atoms with Crippen LogP contribution >= 0.6 is 0 Å². The lowest BCUT2D eigenvalue weighted by Crippen LogP contribution is -2.32. The van der Waals surface area contributed by atoms with Gasteiger partial charge in [-0.25, -0.2) is 0 Å². The predicted molar refractivity (Wildman–Crippen MR) is 158 cm³/mol. The molecule has 0 fully saturated rings. The highest BCUT2D eigenvalue weighted by molar-refractivity contribution is 6.00. The van der Waals surface area contributed by atoms with Gasteiger partial charge in [0.05, 0.1) is 11.1 Å². The second-order valence-electron chi connectivity index (χ2n) is 11.0. The monoisotopic (exact) mass is 509 g/mol. The zero-order valence-electron chi connectivity index (χ0n) is 24.0. The van der Waals surface area contributed by atoms with E-state index < -0.39 is 5.60 Å². The number of aryl methyl sites for hydroxylation is 1. The van der Waals surface area contributed by atoms with Gasteiger partial charge in [-0.05, 0) is 89.5 Å². The van der Waals surface area contributed by atoms with Crippen LogP contribution in [0.1, 0.15) is 133 Å². The maximum absolute atomic E-state index is 13.2. The summed E-state index contributed by atoms with van der Waals surface area (Å²) in [7, 11) is 0. The quantitative estimate of drug-likeness (QED) is 0.153. The maximum Gasteiger partial charge on any atom is 0.255 e. The Balaban J connectivity index is 2.03. The molecule has 0 saturated heterocycles. The maximum atomic E-state index is 13.2. The minimum atomic E-state index is -0.429. The van der Waals surface area contributed by atoms with E-state index >= 15 is 0 Å². The van der Waals surface area contributed by atoms with Crippen LogP contribution in [0.2, 0.25) is 0 Å². The zero-order chi connectivity index (χ0) is 27.1. The average Bonchev–Trinajstić information content (AvgIpc) is 2.84. The van der Waals surface area contributed by atoms with E-state index in [4.69, 9.17) is 4.74 Å². The number of amides is 1. The number of hydrogen-bond acceptors (Lipinski definition) is 3. The molecule has 0 saturated carbocycles. The van der Waals surface area contributed by atoms with Crippen molar-refractivity contribution >= 4 is 12.0 Å². The SMILES string of the molecule is C=CCCCCCCCCCNC(=O)c1c(CCCCC)cc2c(c1O)C=CC(C)(CCC=C(C)C)O2. The van der Waals surface area contributed by atoms with Crippen molar-refractivity contribution in [2.24, 2.45) is 0 Å². The van der Waals surface area contributed by atoms with Gasteiger partial charge >= 0.3 is 0 Å². The second kappa shape index (κ2) is 16.4. The number of rotatable bonds is 18. The van der Waals surface area contributed by atoms with Gasteiger partial charge in [0.2, 0.25) is 0 Å². The van der Waals surface area contributed by atoms with E-state index in [1.807, 2.05) is 24.3 Å². The molecule has 1 aliphatic heterocycles. The Morgan fingerprint density at radius 3 is 2.43 bits per heavy atom. The van der Waals surface area contributed by atoms with Gasteiger partial charge in [-0.3, -0.25) is 4.79 Å². The van der Waals surface area contributed by atoms with Gasteiger partial charge in [0.1, 0.15) is 17.1 Å². The summed E-state index contributed by atoms with van der Waals surface area (Å²) in [5.74, 6) is 0.543. The summed E-state index contributed by atoms with van der Waals surface area (Å²) in [6, 6.07) is 1.99. The van der Waals surface area contributed by atoms with Crippen molar-refractivity contribution in [3.05, 3.63) is 53.1 Å². The van der Waals surface area contributed by atoms with Crippen LogP contribution in [0.15, 0.2) is 36.4 Å². The normalized spacial score (nSPS) is 16.1. The van der Waals surface area contributed by atoms with Crippen LogP contribution in [-0.2, 0) is 6.42 Å². The van der Waals surface area contributed by atoms with E-state index in [0.29, 0.717) is 23.4 Å². The molecule has 2 N–H and O–H groups in total. The molecule has 1 aliphatic rings. The number of nitrogens with one attached hydrogen (secondary N) is 1. The summed E-state index contributed by atoms with van der Waals surface area (Å²) >= 11 is 0. The Kier molecular flexibility index (Phi) is 13.6.